The maximum atomic E-state index is 13.2. The average molecular weight is 1590 g/mol. The summed E-state index contributed by atoms with van der Waals surface area (Å²) in [4.78, 5) is 69.4. The highest BCUT2D eigenvalue weighted by Crippen LogP contribution is 2.48. The summed E-state index contributed by atoms with van der Waals surface area (Å²) in [6, 6.07) is 47.9. The third-order valence-corrected chi connectivity index (χ3v) is 22.4. The molecule has 2 unspecified atom stereocenters. The Labute approximate surface area is 671 Å². The molecule has 3 aliphatic heterocycles. The van der Waals surface area contributed by atoms with E-state index in [2.05, 4.69) is 4.98 Å². The lowest BCUT2D eigenvalue weighted by Crippen LogP contribution is -2.49. The van der Waals surface area contributed by atoms with Crippen molar-refractivity contribution in [2.75, 3.05) is 0 Å². The van der Waals surface area contributed by atoms with Gasteiger partial charge in [-0.25, -0.2) is 4.98 Å². The van der Waals surface area contributed by atoms with Gasteiger partial charge in [-0.3, -0.25) is 24.0 Å². The number of hydrogen-bond donors (Lipinski definition) is 4. The van der Waals surface area contributed by atoms with Crippen LogP contribution in [0.15, 0.2) is 175 Å². The molecule has 2 aliphatic carbocycles. The molecule has 18 heteroatoms. The first kappa shape index (κ1) is 84.0. The maximum Gasteiger partial charge on any atom is 0.198 e. The van der Waals surface area contributed by atoms with Gasteiger partial charge in [0.1, 0.15) is 61.8 Å². The molecule has 5 aliphatic rings. The number of pyridine rings is 1. The number of halogens is 5. The second-order valence-corrected chi connectivity index (χ2v) is 33.5. The van der Waals surface area contributed by atoms with Gasteiger partial charge in [0.05, 0.1) is 34.1 Å². The van der Waals surface area contributed by atoms with Crippen LogP contribution in [0.3, 0.4) is 0 Å². The third kappa shape index (κ3) is 17.1. The summed E-state index contributed by atoms with van der Waals surface area (Å²) in [7, 11) is 0. The molecule has 576 valence electrons. The summed E-state index contributed by atoms with van der Waals surface area (Å²) >= 11 is 30.4. The largest absolute Gasteiger partial charge is 0.511 e. The molecule has 13 rings (SSSR count). The average Bonchev–Trinajstić information content (AvgIpc) is 0.770. The van der Waals surface area contributed by atoms with Gasteiger partial charge in [-0.05, 0) is 279 Å². The molecule has 1 aromatic heterocycles. The highest BCUT2D eigenvalue weighted by molar-refractivity contribution is 6.37. The van der Waals surface area contributed by atoms with Crippen LogP contribution in [-0.4, -0.2) is 87.9 Å². The maximum absolute atomic E-state index is 13.2. The summed E-state index contributed by atoms with van der Waals surface area (Å²) in [6.07, 6.45) is 4.95. The number of aromatic nitrogens is 1. The summed E-state index contributed by atoms with van der Waals surface area (Å²) in [5, 5.41) is 46.4. The molecule has 7 aromatic carbocycles. The van der Waals surface area contributed by atoms with Gasteiger partial charge < -0.3 is 34.6 Å². The predicted molar refractivity (Wildman–Crippen MR) is 444 cm³/mol. The van der Waals surface area contributed by atoms with Gasteiger partial charge in [-0.1, -0.05) is 171 Å². The first-order valence-electron chi connectivity index (χ1n) is 37.2. The molecule has 1 fully saturated rings. The highest BCUT2D eigenvalue weighted by Gasteiger charge is 2.51. The Hall–Kier alpha value is -8.47. The zero-order chi connectivity index (χ0) is 80.8. The van der Waals surface area contributed by atoms with Gasteiger partial charge in [0, 0.05) is 36.9 Å². The number of Topliss-reactive ketones (excluding diaryl/α,β-unsaturated/α-hetero) is 5. The minimum absolute atomic E-state index is 0.0187. The quantitative estimate of drug-likeness (QED) is 0.0664. The summed E-state index contributed by atoms with van der Waals surface area (Å²) in [5.74, 6) is -2.27. The van der Waals surface area contributed by atoms with Crippen molar-refractivity contribution < 1.29 is 58.6 Å². The van der Waals surface area contributed by atoms with E-state index in [4.69, 9.17) is 72.2 Å². The van der Waals surface area contributed by atoms with Crippen molar-refractivity contribution in [3.63, 3.8) is 0 Å². The monoisotopic (exact) mass is 1580 g/mol. The molecule has 110 heavy (non-hydrogen) atoms. The SMILES string of the molecule is CCc1ccc(-c2ccc(Cl)cc2)cc1C1=C(O)C(C)(C)OC(C)(C)C1=O.CCc1ccc(-c2ccc(Cl)cc2)cc1C1=C(O)C2CCCC(C1=O)C2=O.CCc1ccc(-c2ccc(Cl)cc2Cl)cc1C1=C(O)C(C)(C)OC(C)(C)C1=O.CCc1ccc(-c2ccc(Cl)nc2C)cc1C1=C(O)C(C)(C)OC(C)(C)C1=O. The molecule has 4 heterocycles. The van der Waals surface area contributed by atoms with Crippen molar-refractivity contribution in [1.29, 1.82) is 0 Å². The Morgan fingerprint density at radius 3 is 1.05 bits per heavy atom. The van der Waals surface area contributed by atoms with E-state index < -0.39 is 45.4 Å². The fourth-order valence-electron chi connectivity index (χ4n) is 15.4. The number of ketones is 5. The van der Waals surface area contributed by atoms with E-state index in [9.17, 15) is 44.4 Å². The van der Waals surface area contributed by atoms with Crippen molar-refractivity contribution in [1.82, 2.24) is 4.98 Å². The van der Waals surface area contributed by atoms with Crippen molar-refractivity contribution >= 4 is 109 Å². The van der Waals surface area contributed by atoms with Crippen molar-refractivity contribution in [3.8, 4) is 44.5 Å². The number of hydrogen-bond acceptors (Lipinski definition) is 13. The Bertz CT molecular complexity index is 4970. The fraction of sp³-hybridized carbons (Fsp3) is 0.348. The number of ether oxygens (including phenoxy) is 3. The van der Waals surface area contributed by atoms with E-state index in [1.54, 1.807) is 101 Å². The van der Waals surface area contributed by atoms with E-state index in [0.717, 1.165) is 121 Å². The van der Waals surface area contributed by atoms with Crippen LogP contribution in [0, 0.1) is 18.8 Å². The van der Waals surface area contributed by atoms with Crippen molar-refractivity contribution in [2.45, 2.75) is 196 Å². The normalized spacial score (nSPS) is 19.5. The Morgan fingerprint density at radius 1 is 0.364 bits per heavy atom. The molecule has 2 bridgehead atoms. The molecular weight excluding hydrogens is 1490 g/mol. The lowest BCUT2D eigenvalue weighted by molar-refractivity contribution is -0.158. The molecule has 0 saturated heterocycles. The van der Waals surface area contributed by atoms with E-state index in [0.29, 0.717) is 65.9 Å². The number of carbonyl (C=O) groups excluding carboxylic acids is 5. The van der Waals surface area contributed by atoms with Crippen LogP contribution in [0.1, 0.15) is 180 Å². The van der Waals surface area contributed by atoms with E-state index >= 15 is 0 Å². The zero-order valence-electron chi connectivity index (χ0n) is 65.4. The Kier molecular flexibility index (Phi) is 25.0. The Morgan fingerprint density at radius 2 is 0.682 bits per heavy atom. The molecule has 1 saturated carbocycles. The number of aliphatic hydroxyl groups excluding tert-OH is 4. The fourth-order valence-corrected chi connectivity index (χ4v) is 16.4. The second-order valence-electron chi connectivity index (χ2n) is 31.4. The predicted octanol–water partition coefficient (Wildman–Crippen LogP) is 23.7. The van der Waals surface area contributed by atoms with Crippen molar-refractivity contribution in [3.05, 3.63) is 250 Å². The number of fused-ring (bicyclic) bond motifs is 2. The van der Waals surface area contributed by atoms with Gasteiger partial charge in [0.2, 0.25) is 0 Å². The summed E-state index contributed by atoms with van der Waals surface area (Å²) < 4.78 is 17.6. The lowest BCUT2D eigenvalue weighted by Gasteiger charge is -2.40. The molecule has 0 radical (unpaired) electrons. The molecule has 0 amide bonds. The van der Waals surface area contributed by atoms with Gasteiger partial charge in [0.15, 0.2) is 28.9 Å². The van der Waals surface area contributed by atoms with E-state index in [1.807, 2.05) is 168 Å². The standard InChI is InChI=1S/C23H24Cl2O3.C23H26ClNO3.C23H21ClO3.C23H25ClO3/c1-6-13-7-8-14(16-10-9-15(24)12-18(16)25)11-17(13)19-20(26)22(2,3)28-23(4,5)21(19)27;1-7-14-8-9-15(16-10-11-18(24)25-13(16)2)12-17(14)19-20(26)22(3,4)28-23(5,6)21(19)27;1-2-13-6-7-15(14-8-10-16(24)11-9-14)12-19(13)20-22(26)17-4-3-5-18(21(17)25)23(20)27;1-6-14-7-8-16(15-9-11-17(24)12-10-15)13-18(14)19-20(25)22(2,3)27-23(4,5)21(19)26/h7-12,26H,6H2,1-5H3;8-12,26H,7H2,1-6H3;6-12,17-18,26H,2-5H2,1H3;7-13,25H,6H2,1-5H3. The van der Waals surface area contributed by atoms with Gasteiger partial charge in [-0.2, -0.15) is 0 Å². The van der Waals surface area contributed by atoms with Gasteiger partial charge in [-0.15, -0.1) is 0 Å². The van der Waals surface area contributed by atoms with E-state index in [-0.39, 0.29) is 52.0 Å². The molecule has 0 spiro atoms. The van der Waals surface area contributed by atoms with E-state index in [1.165, 1.54) is 0 Å². The highest BCUT2D eigenvalue weighted by atomic mass is 35.5. The molecule has 8 aromatic rings. The van der Waals surface area contributed by atoms with Gasteiger partial charge in [0.25, 0.3) is 0 Å². The summed E-state index contributed by atoms with van der Waals surface area (Å²) in [6.45, 7) is 31.1. The Balaban J connectivity index is 0.000000156. The number of benzene rings is 7. The first-order valence-corrected chi connectivity index (χ1v) is 39.1. The van der Waals surface area contributed by atoms with Crippen LogP contribution in [0.5, 0.6) is 0 Å². The van der Waals surface area contributed by atoms with Crippen LogP contribution >= 0.6 is 58.0 Å². The van der Waals surface area contributed by atoms with Crippen LogP contribution in [0.25, 0.3) is 66.8 Å². The van der Waals surface area contributed by atoms with Crippen LogP contribution < -0.4 is 0 Å². The third-order valence-electron chi connectivity index (χ3n) is 21.1. The molecule has 13 nitrogen and oxygen atoms in total. The van der Waals surface area contributed by atoms with Gasteiger partial charge >= 0.3 is 0 Å². The molecule has 2 atom stereocenters. The molecule has 4 N–H and O–H groups in total. The smallest absolute Gasteiger partial charge is 0.198 e. The second kappa shape index (κ2) is 32.7. The number of aliphatic hydroxyl groups is 4. The minimum Gasteiger partial charge on any atom is -0.511 e. The number of carbonyl (C=O) groups is 5. The number of allylic oxidation sites excluding steroid dienone is 2. The van der Waals surface area contributed by atoms with Crippen LogP contribution in [-0.2, 0) is 63.9 Å². The van der Waals surface area contributed by atoms with Crippen molar-refractivity contribution in [2.24, 2.45) is 11.8 Å². The molecular formula is C92H96Cl5NO12. The topological polar surface area (TPSA) is 207 Å². The summed E-state index contributed by atoms with van der Waals surface area (Å²) in [5.41, 5.74) is 10.6. The van der Waals surface area contributed by atoms with Crippen LogP contribution in [0.2, 0.25) is 25.2 Å². The minimum atomic E-state index is -1.04. The zero-order valence-corrected chi connectivity index (χ0v) is 69.2. The number of nitrogens with zero attached hydrogens (tertiary/aromatic N) is 1. The first-order chi connectivity index (χ1) is 51.5. The van der Waals surface area contributed by atoms with Crippen LogP contribution in [0.4, 0.5) is 0 Å². The number of aryl methyl sites for hydroxylation is 5. The lowest BCUT2D eigenvalue weighted by atomic mass is 9.68. The number of rotatable bonds is 12.